The van der Waals surface area contributed by atoms with E-state index in [2.05, 4.69) is 51.2 Å². The third-order valence-electron chi connectivity index (χ3n) is 10.7. The van der Waals surface area contributed by atoms with Crippen molar-refractivity contribution in [1.29, 1.82) is 0 Å². The second kappa shape index (κ2) is 50.2. The summed E-state index contributed by atoms with van der Waals surface area (Å²) in [6.45, 7) is 6.40. The molecule has 0 heterocycles. The summed E-state index contributed by atoms with van der Waals surface area (Å²) >= 11 is 0. The van der Waals surface area contributed by atoms with Crippen LogP contribution >= 0.6 is 0 Å². The van der Waals surface area contributed by atoms with Gasteiger partial charge in [-0.15, -0.1) is 0 Å². The lowest BCUT2D eigenvalue weighted by Crippen LogP contribution is -2.30. The molecule has 0 rings (SSSR count). The van der Waals surface area contributed by atoms with Gasteiger partial charge in [0.1, 0.15) is 13.2 Å². The van der Waals surface area contributed by atoms with Gasteiger partial charge in [0.2, 0.25) is 0 Å². The lowest BCUT2D eigenvalue weighted by molar-refractivity contribution is -0.167. The lowest BCUT2D eigenvalue weighted by Gasteiger charge is -2.18. The smallest absolute Gasteiger partial charge is 0.306 e. The number of carbonyl (C=O) groups is 3. The van der Waals surface area contributed by atoms with E-state index >= 15 is 0 Å². The third kappa shape index (κ3) is 47.6. The topological polar surface area (TPSA) is 78.9 Å². The van der Waals surface area contributed by atoms with Gasteiger partial charge in [-0.1, -0.05) is 215 Å². The Kier molecular flexibility index (Phi) is 47.5. The minimum absolute atomic E-state index is 0.108. The number of hydrogen-bond donors (Lipinski definition) is 0. The Bertz CT molecular complexity index is 1220. The van der Waals surface area contributed by atoms with Crippen LogP contribution in [0.3, 0.4) is 0 Å². The van der Waals surface area contributed by atoms with Gasteiger partial charge in [0.15, 0.2) is 6.10 Å². The number of unbranched alkanes of at least 4 members (excludes halogenated alkanes) is 24. The van der Waals surface area contributed by atoms with Crippen LogP contribution in [0.5, 0.6) is 0 Å². The van der Waals surface area contributed by atoms with Crippen molar-refractivity contribution in [2.45, 2.75) is 239 Å². The van der Waals surface area contributed by atoms with Crippen LogP contribution in [-0.2, 0) is 28.6 Å². The number of allylic oxidation sites excluding steroid dienone is 14. The molecular formula is C56H94O6. The zero-order chi connectivity index (χ0) is 45.1. The average molecular weight is 863 g/mol. The molecule has 62 heavy (non-hydrogen) atoms. The molecule has 0 aliphatic heterocycles. The molecule has 0 radical (unpaired) electrons. The molecule has 0 aromatic carbocycles. The summed E-state index contributed by atoms with van der Waals surface area (Å²) in [4.78, 5) is 37.9. The fourth-order valence-corrected chi connectivity index (χ4v) is 6.87. The second-order valence-corrected chi connectivity index (χ2v) is 16.8. The second-order valence-electron chi connectivity index (χ2n) is 16.8. The summed E-state index contributed by atoms with van der Waals surface area (Å²) in [5.41, 5.74) is 0. The predicted molar refractivity (Wildman–Crippen MR) is 265 cm³/mol. The van der Waals surface area contributed by atoms with Gasteiger partial charge in [-0.2, -0.15) is 0 Å². The van der Waals surface area contributed by atoms with E-state index in [1.807, 2.05) is 54.7 Å². The molecule has 6 nitrogen and oxygen atoms in total. The van der Waals surface area contributed by atoms with E-state index in [0.29, 0.717) is 19.3 Å². The summed E-state index contributed by atoms with van der Waals surface area (Å²) in [7, 11) is 0. The summed E-state index contributed by atoms with van der Waals surface area (Å²) in [6.07, 6.45) is 64.3. The van der Waals surface area contributed by atoms with Crippen molar-refractivity contribution < 1.29 is 28.6 Å². The molecule has 0 aromatic heterocycles. The molecule has 0 aliphatic rings. The molecule has 0 aromatic rings. The van der Waals surface area contributed by atoms with E-state index in [-0.39, 0.29) is 37.5 Å². The van der Waals surface area contributed by atoms with Crippen LogP contribution in [-0.4, -0.2) is 37.2 Å². The van der Waals surface area contributed by atoms with Gasteiger partial charge in [0.05, 0.1) is 0 Å². The molecular weight excluding hydrogens is 769 g/mol. The van der Waals surface area contributed by atoms with Gasteiger partial charge in [0.25, 0.3) is 0 Å². The Hall–Kier alpha value is -3.41. The zero-order valence-electron chi connectivity index (χ0n) is 40.4. The van der Waals surface area contributed by atoms with Crippen LogP contribution in [0.2, 0.25) is 0 Å². The Morgan fingerprint density at radius 3 is 1.10 bits per heavy atom. The molecule has 1 atom stereocenters. The Morgan fingerprint density at radius 1 is 0.339 bits per heavy atom. The SMILES string of the molecule is CC/C=C/C=C/C=C/C=C/C=C/CCCC(=O)OCC(COC(=O)CCCCCCCCC/C=C/CCCCCCCC)OC(=O)CCCCC/C=C/CCCCCCCCC. The molecule has 0 saturated heterocycles. The van der Waals surface area contributed by atoms with Crippen molar-refractivity contribution >= 4 is 17.9 Å². The molecule has 0 bridgehead atoms. The summed E-state index contributed by atoms with van der Waals surface area (Å²) < 4.78 is 16.7. The highest BCUT2D eigenvalue weighted by Crippen LogP contribution is 2.14. The number of hydrogen-bond acceptors (Lipinski definition) is 6. The van der Waals surface area contributed by atoms with Crippen LogP contribution < -0.4 is 0 Å². The monoisotopic (exact) mass is 863 g/mol. The molecule has 0 fully saturated rings. The fourth-order valence-electron chi connectivity index (χ4n) is 6.87. The molecule has 1 unspecified atom stereocenters. The van der Waals surface area contributed by atoms with Gasteiger partial charge < -0.3 is 14.2 Å². The largest absolute Gasteiger partial charge is 0.462 e. The highest BCUT2D eigenvalue weighted by molar-refractivity contribution is 5.71. The third-order valence-corrected chi connectivity index (χ3v) is 10.7. The van der Waals surface area contributed by atoms with Crippen molar-refractivity contribution in [3.05, 3.63) is 85.1 Å². The summed E-state index contributed by atoms with van der Waals surface area (Å²) in [6, 6.07) is 0. The average Bonchev–Trinajstić information content (AvgIpc) is 3.27. The summed E-state index contributed by atoms with van der Waals surface area (Å²) in [5.74, 6) is -1.01. The molecule has 0 spiro atoms. The van der Waals surface area contributed by atoms with Crippen molar-refractivity contribution in [3.8, 4) is 0 Å². The highest BCUT2D eigenvalue weighted by Gasteiger charge is 2.19. The van der Waals surface area contributed by atoms with E-state index in [1.54, 1.807) is 0 Å². The number of ether oxygens (including phenoxy) is 3. The number of rotatable bonds is 45. The Morgan fingerprint density at radius 2 is 0.661 bits per heavy atom. The first-order valence-corrected chi connectivity index (χ1v) is 25.7. The normalized spacial score (nSPS) is 12.8. The highest BCUT2D eigenvalue weighted by atomic mass is 16.6. The van der Waals surface area contributed by atoms with Gasteiger partial charge in [-0.3, -0.25) is 14.4 Å². The Labute approximate surface area is 382 Å². The first kappa shape index (κ1) is 58.6. The van der Waals surface area contributed by atoms with Crippen LogP contribution in [0.15, 0.2) is 85.1 Å². The van der Waals surface area contributed by atoms with Gasteiger partial charge in [0, 0.05) is 19.3 Å². The molecule has 354 valence electrons. The molecule has 6 heteroatoms. The first-order chi connectivity index (χ1) is 30.5. The van der Waals surface area contributed by atoms with E-state index in [0.717, 1.165) is 64.2 Å². The zero-order valence-corrected chi connectivity index (χ0v) is 40.4. The maximum Gasteiger partial charge on any atom is 0.306 e. The predicted octanol–water partition coefficient (Wildman–Crippen LogP) is 16.8. The number of esters is 3. The van der Waals surface area contributed by atoms with Gasteiger partial charge in [-0.25, -0.2) is 0 Å². The minimum atomic E-state index is -0.814. The lowest BCUT2D eigenvalue weighted by atomic mass is 10.1. The van der Waals surface area contributed by atoms with E-state index in [9.17, 15) is 14.4 Å². The van der Waals surface area contributed by atoms with E-state index < -0.39 is 6.10 Å². The van der Waals surface area contributed by atoms with Crippen LogP contribution in [0.4, 0.5) is 0 Å². The first-order valence-electron chi connectivity index (χ1n) is 25.7. The van der Waals surface area contributed by atoms with Crippen molar-refractivity contribution in [2.24, 2.45) is 0 Å². The fraction of sp³-hybridized carbons (Fsp3) is 0.696. The standard InChI is InChI=1S/C56H94O6/c1-4-7-10-13-16-19-22-25-27-28-29-32-34-37-40-43-46-49-55(58)61-52-53(51-60-54(57)48-45-42-39-36-33-30-24-21-18-15-12-9-6-3)62-56(59)50-47-44-41-38-35-31-26-23-20-17-14-11-8-5-2/h9,12,15,18,21,24-25,27,30-31,33,35-36,39,53H,4-8,10-11,13-14,16-17,19-20,22-23,26,28-29,32,34,37-38,40-52H2,1-3H3/b12-9+,18-15+,24-21+,27-25+,33-30+,35-31+,39-36+. The van der Waals surface area contributed by atoms with Gasteiger partial charge in [-0.05, 0) is 83.5 Å². The molecule has 0 saturated carbocycles. The molecule has 0 amide bonds. The molecule has 0 N–H and O–H groups in total. The van der Waals surface area contributed by atoms with Crippen LogP contribution in [0, 0.1) is 0 Å². The van der Waals surface area contributed by atoms with Crippen molar-refractivity contribution in [2.75, 3.05) is 13.2 Å². The van der Waals surface area contributed by atoms with Crippen LogP contribution in [0.1, 0.15) is 233 Å². The van der Waals surface area contributed by atoms with Crippen molar-refractivity contribution in [1.82, 2.24) is 0 Å². The summed E-state index contributed by atoms with van der Waals surface area (Å²) in [5, 5.41) is 0. The number of carbonyl (C=O) groups excluding carboxylic acids is 3. The van der Waals surface area contributed by atoms with Crippen LogP contribution in [0.25, 0.3) is 0 Å². The molecule has 0 aliphatic carbocycles. The van der Waals surface area contributed by atoms with E-state index in [1.165, 1.54) is 122 Å². The van der Waals surface area contributed by atoms with Gasteiger partial charge >= 0.3 is 17.9 Å². The maximum atomic E-state index is 12.8. The minimum Gasteiger partial charge on any atom is -0.462 e. The van der Waals surface area contributed by atoms with E-state index in [4.69, 9.17) is 14.2 Å². The quantitative estimate of drug-likeness (QED) is 0.0199. The Balaban J connectivity index is 4.49. The maximum absolute atomic E-state index is 12.8. The van der Waals surface area contributed by atoms with Crippen molar-refractivity contribution in [3.63, 3.8) is 0 Å².